The van der Waals surface area contributed by atoms with E-state index in [0.29, 0.717) is 17.9 Å². The van der Waals surface area contributed by atoms with Gasteiger partial charge in [0, 0.05) is 18.3 Å². The van der Waals surface area contributed by atoms with E-state index in [9.17, 15) is 13.9 Å². The molecule has 1 heterocycles. The van der Waals surface area contributed by atoms with Gasteiger partial charge >= 0.3 is 0 Å². The predicted octanol–water partition coefficient (Wildman–Crippen LogP) is 2.51. The zero-order valence-corrected chi connectivity index (χ0v) is 13.9. The number of aliphatic hydroxyl groups excluding tert-OH is 2. The molecule has 0 aliphatic carbocycles. The Morgan fingerprint density at radius 2 is 1.96 bits per heavy atom. The van der Waals surface area contributed by atoms with Crippen molar-refractivity contribution in [2.24, 2.45) is 0 Å². The minimum Gasteiger partial charge on any atom is -0.394 e. The maximum Gasteiger partial charge on any atom is 0.164 e. The van der Waals surface area contributed by atoms with Crippen LogP contribution in [-0.2, 0) is 6.42 Å². The Kier molecular flexibility index (Phi) is 5.97. The molecule has 5 nitrogen and oxygen atoms in total. The highest BCUT2D eigenvalue weighted by Gasteiger charge is 2.14. The van der Waals surface area contributed by atoms with E-state index in [1.54, 1.807) is 6.07 Å². The first kappa shape index (κ1) is 17.7. The van der Waals surface area contributed by atoms with Crippen LogP contribution in [0.15, 0.2) is 22.7 Å². The molecule has 0 radical (unpaired) electrons. The molecule has 0 unspecified atom stereocenters. The van der Waals surface area contributed by atoms with Crippen LogP contribution in [0.2, 0.25) is 0 Å². The fourth-order valence-electron chi connectivity index (χ4n) is 1.87. The van der Waals surface area contributed by atoms with E-state index in [0.717, 1.165) is 12.1 Å². The number of aliphatic hydroxyl groups is 2. The van der Waals surface area contributed by atoms with Gasteiger partial charge in [0.1, 0.15) is 17.5 Å². The first-order valence-corrected chi connectivity index (χ1v) is 7.79. The number of hydrogen-bond donors (Lipinski definition) is 3. The molecule has 0 aliphatic heterocycles. The smallest absolute Gasteiger partial charge is 0.164 e. The molecule has 0 spiro atoms. The molecule has 124 valence electrons. The molecule has 8 heteroatoms. The van der Waals surface area contributed by atoms with Crippen LogP contribution in [0.1, 0.15) is 12.6 Å². The summed E-state index contributed by atoms with van der Waals surface area (Å²) in [6.45, 7) is 1.56. The molecule has 1 aromatic heterocycles. The number of nitrogens with one attached hydrogen (secondary N) is 1. The Balaban J connectivity index is 2.40. The van der Waals surface area contributed by atoms with E-state index < -0.39 is 24.3 Å². The number of anilines is 1. The molecule has 0 saturated carbocycles. The number of nitrogens with zero attached hydrogens (tertiary/aromatic N) is 2. The summed E-state index contributed by atoms with van der Waals surface area (Å²) in [6.07, 6.45) is -0.367. The number of aromatic nitrogens is 2. The lowest BCUT2D eigenvalue weighted by molar-refractivity contribution is 0.105. The van der Waals surface area contributed by atoms with E-state index in [1.807, 2.05) is 6.92 Å². The quantitative estimate of drug-likeness (QED) is 0.663. The minimum atomic E-state index is -0.944. The summed E-state index contributed by atoms with van der Waals surface area (Å²) in [5.74, 6) is -0.846. The van der Waals surface area contributed by atoms with Crippen molar-refractivity contribution in [1.82, 2.24) is 9.97 Å². The third kappa shape index (κ3) is 4.43. The van der Waals surface area contributed by atoms with E-state index in [2.05, 4.69) is 31.2 Å². The molecular weight excluding hydrogens is 372 g/mol. The number of rotatable bonds is 6. The maximum atomic E-state index is 14.1. The van der Waals surface area contributed by atoms with Crippen LogP contribution in [0.3, 0.4) is 0 Å². The Hall–Kier alpha value is -1.64. The molecule has 3 N–H and O–H groups in total. The summed E-state index contributed by atoms with van der Waals surface area (Å²) in [5, 5.41) is 21.0. The van der Waals surface area contributed by atoms with Crippen LogP contribution >= 0.6 is 15.9 Å². The molecule has 2 aromatic rings. The van der Waals surface area contributed by atoms with Gasteiger partial charge in [0.25, 0.3) is 0 Å². The first-order valence-electron chi connectivity index (χ1n) is 7.00. The molecule has 0 fully saturated rings. The lowest BCUT2D eigenvalue weighted by Crippen LogP contribution is -2.23. The topological polar surface area (TPSA) is 78.3 Å². The Morgan fingerprint density at radius 3 is 2.61 bits per heavy atom. The fraction of sp³-hybridized carbons (Fsp3) is 0.333. The van der Waals surface area contributed by atoms with Gasteiger partial charge < -0.3 is 15.5 Å². The highest BCUT2D eigenvalue weighted by atomic mass is 79.9. The average Bonchev–Trinajstić information content (AvgIpc) is 2.55. The van der Waals surface area contributed by atoms with Gasteiger partial charge in [-0.2, -0.15) is 0 Å². The Labute approximate surface area is 140 Å². The van der Waals surface area contributed by atoms with E-state index in [4.69, 9.17) is 5.11 Å². The number of hydrogen-bond acceptors (Lipinski definition) is 5. The Bertz CT molecular complexity index is 701. The largest absolute Gasteiger partial charge is 0.394 e. The normalized spacial score (nSPS) is 12.3. The van der Waals surface area contributed by atoms with E-state index in [-0.39, 0.29) is 22.4 Å². The third-order valence-electron chi connectivity index (χ3n) is 3.12. The van der Waals surface area contributed by atoms with Crippen LogP contribution in [0.25, 0.3) is 11.4 Å². The van der Waals surface area contributed by atoms with Gasteiger partial charge in [-0.15, -0.1) is 0 Å². The molecule has 0 bridgehead atoms. The molecule has 1 atom stereocenters. The second-order valence-electron chi connectivity index (χ2n) is 4.89. The standard InChI is InChI=1S/C15H16BrF2N3O2/c1-2-8-3-14(19-6-9(23)7-22)21-15(20-8)10-4-13(18)11(16)5-12(10)17/h3-5,9,22-23H,2,6-7H2,1H3,(H,19,20,21)/t9-/m1/s1. The van der Waals surface area contributed by atoms with Crippen molar-refractivity contribution in [3.63, 3.8) is 0 Å². The van der Waals surface area contributed by atoms with Crippen molar-refractivity contribution >= 4 is 21.7 Å². The van der Waals surface area contributed by atoms with E-state index >= 15 is 0 Å². The van der Waals surface area contributed by atoms with Gasteiger partial charge in [-0.1, -0.05) is 6.92 Å². The van der Waals surface area contributed by atoms with Gasteiger partial charge in [-0.05, 0) is 34.5 Å². The van der Waals surface area contributed by atoms with Crippen molar-refractivity contribution in [2.45, 2.75) is 19.4 Å². The summed E-state index contributed by atoms with van der Waals surface area (Å²) >= 11 is 2.92. The highest BCUT2D eigenvalue weighted by Crippen LogP contribution is 2.27. The molecule has 0 amide bonds. The molecule has 1 aromatic carbocycles. The highest BCUT2D eigenvalue weighted by molar-refractivity contribution is 9.10. The molecule has 23 heavy (non-hydrogen) atoms. The van der Waals surface area contributed by atoms with Gasteiger partial charge in [0.15, 0.2) is 5.82 Å². The van der Waals surface area contributed by atoms with Crippen LogP contribution < -0.4 is 5.32 Å². The number of benzene rings is 1. The minimum absolute atomic E-state index is 0.0230. The average molecular weight is 388 g/mol. The first-order chi connectivity index (χ1) is 10.9. The van der Waals surface area contributed by atoms with Crippen LogP contribution in [0.4, 0.5) is 14.6 Å². The monoisotopic (exact) mass is 387 g/mol. The zero-order chi connectivity index (χ0) is 17.0. The van der Waals surface area contributed by atoms with Crippen molar-refractivity contribution < 1.29 is 19.0 Å². The fourth-order valence-corrected chi connectivity index (χ4v) is 2.19. The number of halogens is 3. The zero-order valence-electron chi connectivity index (χ0n) is 12.4. The molecule has 0 saturated heterocycles. The molecule has 2 rings (SSSR count). The van der Waals surface area contributed by atoms with Crippen molar-refractivity contribution in [2.75, 3.05) is 18.5 Å². The summed E-state index contributed by atoms with van der Waals surface area (Å²) in [5.41, 5.74) is 0.588. The molecular formula is C15H16BrF2N3O2. The SMILES string of the molecule is CCc1cc(NC[C@@H](O)CO)nc(-c2cc(F)c(Br)cc2F)n1. The molecule has 0 aliphatic rings. The number of aryl methyl sites for hydroxylation is 1. The van der Waals surface area contributed by atoms with Crippen LogP contribution in [0, 0.1) is 11.6 Å². The van der Waals surface area contributed by atoms with E-state index in [1.165, 1.54) is 0 Å². The predicted molar refractivity (Wildman–Crippen MR) is 86.0 cm³/mol. The van der Waals surface area contributed by atoms with Gasteiger partial charge in [0.05, 0.1) is 22.7 Å². The van der Waals surface area contributed by atoms with Crippen molar-refractivity contribution in [3.8, 4) is 11.4 Å². The van der Waals surface area contributed by atoms with Crippen LogP contribution in [0.5, 0.6) is 0 Å². The summed E-state index contributed by atoms with van der Waals surface area (Å²) < 4.78 is 27.8. The third-order valence-corrected chi connectivity index (χ3v) is 3.73. The van der Waals surface area contributed by atoms with Gasteiger partial charge in [0.2, 0.25) is 0 Å². The van der Waals surface area contributed by atoms with Crippen LogP contribution in [-0.4, -0.2) is 39.4 Å². The Morgan fingerprint density at radius 1 is 1.22 bits per heavy atom. The van der Waals surface area contributed by atoms with Crippen molar-refractivity contribution in [3.05, 3.63) is 40.0 Å². The maximum absolute atomic E-state index is 14.1. The second-order valence-corrected chi connectivity index (χ2v) is 5.74. The summed E-state index contributed by atoms with van der Waals surface area (Å²) in [4.78, 5) is 8.37. The van der Waals surface area contributed by atoms with Gasteiger partial charge in [-0.25, -0.2) is 18.7 Å². The lowest BCUT2D eigenvalue weighted by Gasteiger charge is -2.12. The lowest BCUT2D eigenvalue weighted by atomic mass is 10.2. The van der Waals surface area contributed by atoms with Gasteiger partial charge in [-0.3, -0.25) is 0 Å². The van der Waals surface area contributed by atoms with Crippen molar-refractivity contribution in [1.29, 1.82) is 0 Å². The second kappa shape index (κ2) is 7.76. The summed E-state index contributed by atoms with van der Waals surface area (Å²) in [7, 11) is 0. The summed E-state index contributed by atoms with van der Waals surface area (Å²) in [6, 6.07) is 3.70.